The van der Waals surface area contributed by atoms with E-state index in [0.717, 1.165) is 44.9 Å². The van der Waals surface area contributed by atoms with Crippen LogP contribution in [0.1, 0.15) is 277 Å². The van der Waals surface area contributed by atoms with Crippen molar-refractivity contribution in [1.29, 1.82) is 0 Å². The van der Waals surface area contributed by atoms with Gasteiger partial charge >= 0.3 is 19.8 Å². The summed E-state index contributed by atoms with van der Waals surface area (Å²) in [7, 11) is -4.37. The van der Waals surface area contributed by atoms with Gasteiger partial charge in [0.25, 0.3) is 0 Å². The Hall–Kier alpha value is -1.51. The number of carbonyl (C=O) groups is 2. The van der Waals surface area contributed by atoms with Crippen molar-refractivity contribution in [3.05, 3.63) is 24.3 Å². The number of ether oxygens (including phenoxy) is 2. The molecule has 64 heavy (non-hydrogen) atoms. The predicted molar refractivity (Wildman–Crippen MR) is 271 cm³/mol. The highest BCUT2D eigenvalue weighted by atomic mass is 31.2. The minimum atomic E-state index is -4.37. The Bertz CT molecular complexity index is 1100. The second-order valence-corrected chi connectivity index (χ2v) is 19.9. The van der Waals surface area contributed by atoms with Crippen molar-refractivity contribution in [3.63, 3.8) is 0 Å². The van der Waals surface area contributed by atoms with Crippen LogP contribution in [0.4, 0.5) is 0 Å². The second-order valence-electron chi connectivity index (χ2n) is 18.5. The third kappa shape index (κ3) is 49.9. The Morgan fingerprint density at radius 3 is 1.19 bits per heavy atom. The average molecular weight is 926 g/mol. The van der Waals surface area contributed by atoms with Crippen LogP contribution in [0.2, 0.25) is 0 Å². The zero-order valence-electron chi connectivity index (χ0n) is 42.0. The van der Waals surface area contributed by atoms with Gasteiger partial charge in [0.1, 0.15) is 6.61 Å². The van der Waals surface area contributed by atoms with E-state index in [0.29, 0.717) is 6.42 Å². The van der Waals surface area contributed by atoms with Gasteiger partial charge in [0.05, 0.1) is 13.2 Å². The number of hydrogen-bond acceptors (Lipinski definition) is 8. The van der Waals surface area contributed by atoms with E-state index < -0.39 is 26.5 Å². The van der Waals surface area contributed by atoms with Gasteiger partial charge in [0, 0.05) is 19.4 Å². The van der Waals surface area contributed by atoms with Crippen molar-refractivity contribution in [2.24, 2.45) is 5.73 Å². The van der Waals surface area contributed by atoms with E-state index in [4.69, 9.17) is 24.3 Å². The SMILES string of the molecule is CCCCCCC/C=C\C/C=C\CCCCCCCCCCCCCCCCCCCCCCCCCCCC(=O)OC(COC(=O)CCCCCCCC)COP(=O)(O)OCCN. The molecule has 0 aromatic rings. The van der Waals surface area contributed by atoms with Crippen molar-refractivity contribution in [2.45, 2.75) is 283 Å². The van der Waals surface area contributed by atoms with Crippen LogP contribution in [0.3, 0.4) is 0 Å². The predicted octanol–water partition coefficient (Wildman–Crippen LogP) is 16.7. The molecule has 0 aliphatic carbocycles. The average Bonchev–Trinajstić information content (AvgIpc) is 3.28. The van der Waals surface area contributed by atoms with Crippen molar-refractivity contribution >= 4 is 19.8 Å². The fraction of sp³-hybridized carbons (Fsp3) is 0.889. The van der Waals surface area contributed by atoms with Gasteiger partial charge in [-0.3, -0.25) is 18.6 Å². The molecule has 0 amide bonds. The summed E-state index contributed by atoms with van der Waals surface area (Å²) in [6.45, 7) is 3.68. The van der Waals surface area contributed by atoms with Crippen LogP contribution in [0.25, 0.3) is 0 Å². The lowest BCUT2D eigenvalue weighted by atomic mass is 10.0. The van der Waals surface area contributed by atoms with Crippen LogP contribution in [-0.4, -0.2) is 49.3 Å². The highest BCUT2D eigenvalue weighted by molar-refractivity contribution is 7.47. The number of hydrogen-bond donors (Lipinski definition) is 2. The van der Waals surface area contributed by atoms with Crippen LogP contribution in [0.15, 0.2) is 24.3 Å². The minimum absolute atomic E-state index is 0.0564. The van der Waals surface area contributed by atoms with Crippen molar-refractivity contribution in [3.8, 4) is 0 Å². The number of nitrogens with two attached hydrogens (primary N) is 1. The Morgan fingerprint density at radius 2 is 0.812 bits per heavy atom. The molecule has 0 saturated carbocycles. The third-order valence-corrected chi connectivity index (χ3v) is 13.1. The molecule has 0 rings (SSSR count). The van der Waals surface area contributed by atoms with Gasteiger partial charge in [-0.05, 0) is 44.9 Å². The second kappa shape index (κ2) is 50.9. The molecule has 9 nitrogen and oxygen atoms in total. The molecular formula is C54H104NO8P. The number of rotatable bonds is 52. The maximum atomic E-state index is 12.6. The Labute approximate surface area is 395 Å². The monoisotopic (exact) mass is 926 g/mol. The van der Waals surface area contributed by atoms with Gasteiger partial charge in [0.2, 0.25) is 0 Å². The van der Waals surface area contributed by atoms with Gasteiger partial charge in [-0.1, -0.05) is 244 Å². The fourth-order valence-electron chi connectivity index (χ4n) is 8.02. The Balaban J connectivity index is 3.64. The molecule has 0 aliphatic heterocycles. The first kappa shape index (κ1) is 62.5. The van der Waals surface area contributed by atoms with Crippen LogP contribution >= 0.6 is 7.82 Å². The topological polar surface area (TPSA) is 134 Å². The summed E-state index contributed by atoms with van der Waals surface area (Å²) in [5.41, 5.74) is 5.34. The number of carbonyl (C=O) groups excluding carboxylic acids is 2. The number of phosphoric ester groups is 1. The number of unbranched alkanes of at least 4 members (excludes halogenated alkanes) is 35. The smallest absolute Gasteiger partial charge is 0.462 e. The van der Waals surface area contributed by atoms with Crippen molar-refractivity contribution < 1.29 is 37.6 Å². The summed E-state index contributed by atoms with van der Waals surface area (Å²) in [6, 6.07) is 0. The molecule has 378 valence electrons. The fourth-order valence-corrected chi connectivity index (χ4v) is 8.79. The van der Waals surface area contributed by atoms with E-state index in [9.17, 15) is 19.0 Å². The Morgan fingerprint density at radius 1 is 0.469 bits per heavy atom. The molecule has 0 radical (unpaired) electrons. The maximum Gasteiger partial charge on any atom is 0.472 e. The number of allylic oxidation sites excluding steroid dienone is 4. The van der Waals surface area contributed by atoms with Crippen LogP contribution in [0.5, 0.6) is 0 Å². The summed E-state index contributed by atoms with van der Waals surface area (Å²) in [5, 5.41) is 0. The van der Waals surface area contributed by atoms with E-state index >= 15 is 0 Å². The molecule has 10 heteroatoms. The summed E-state index contributed by atoms with van der Waals surface area (Å²) in [6.07, 6.45) is 58.8. The maximum absolute atomic E-state index is 12.6. The van der Waals surface area contributed by atoms with Gasteiger partial charge in [-0.25, -0.2) is 4.57 Å². The van der Waals surface area contributed by atoms with E-state index in [2.05, 4.69) is 38.2 Å². The number of esters is 2. The molecule has 3 N–H and O–H groups in total. The highest BCUT2D eigenvalue weighted by Gasteiger charge is 2.26. The molecule has 0 aliphatic rings. The summed E-state index contributed by atoms with van der Waals surface area (Å²) < 4.78 is 32.7. The summed E-state index contributed by atoms with van der Waals surface area (Å²) in [5.74, 6) is -0.825. The molecular weight excluding hydrogens is 822 g/mol. The van der Waals surface area contributed by atoms with Crippen molar-refractivity contribution in [1.82, 2.24) is 0 Å². The molecule has 0 saturated heterocycles. The molecule has 0 aromatic heterocycles. The zero-order valence-corrected chi connectivity index (χ0v) is 42.9. The van der Waals surface area contributed by atoms with E-state index in [1.54, 1.807) is 0 Å². The molecule has 0 heterocycles. The van der Waals surface area contributed by atoms with Crippen molar-refractivity contribution in [2.75, 3.05) is 26.4 Å². The van der Waals surface area contributed by atoms with Gasteiger partial charge < -0.3 is 20.1 Å². The normalized spacial score (nSPS) is 13.2. The largest absolute Gasteiger partial charge is 0.472 e. The lowest BCUT2D eigenvalue weighted by molar-refractivity contribution is -0.161. The first-order valence-electron chi connectivity index (χ1n) is 27.3. The first-order chi connectivity index (χ1) is 31.3. The first-order valence-corrected chi connectivity index (χ1v) is 28.8. The Kier molecular flexibility index (Phi) is 49.7. The zero-order chi connectivity index (χ0) is 46.7. The van der Waals surface area contributed by atoms with Crippen LogP contribution < -0.4 is 5.73 Å². The van der Waals surface area contributed by atoms with E-state index in [-0.39, 0.29) is 38.6 Å². The van der Waals surface area contributed by atoms with Gasteiger partial charge in [-0.15, -0.1) is 0 Å². The molecule has 0 fully saturated rings. The molecule has 2 unspecified atom stereocenters. The molecule has 0 bridgehead atoms. The third-order valence-electron chi connectivity index (χ3n) is 12.1. The van der Waals surface area contributed by atoms with Gasteiger partial charge in [-0.2, -0.15) is 0 Å². The van der Waals surface area contributed by atoms with Crippen LogP contribution in [-0.2, 0) is 32.7 Å². The van der Waals surface area contributed by atoms with E-state index in [1.165, 1.54) is 199 Å². The minimum Gasteiger partial charge on any atom is -0.462 e. The lowest BCUT2D eigenvalue weighted by Gasteiger charge is -2.19. The quantitative estimate of drug-likeness (QED) is 0.0265. The molecule has 2 atom stereocenters. The summed E-state index contributed by atoms with van der Waals surface area (Å²) >= 11 is 0. The van der Waals surface area contributed by atoms with Gasteiger partial charge in [0.15, 0.2) is 6.10 Å². The summed E-state index contributed by atoms with van der Waals surface area (Å²) in [4.78, 5) is 34.7. The molecule has 0 aromatic carbocycles. The van der Waals surface area contributed by atoms with E-state index in [1.807, 2.05) is 0 Å². The van der Waals surface area contributed by atoms with Crippen LogP contribution in [0, 0.1) is 0 Å². The lowest BCUT2D eigenvalue weighted by Crippen LogP contribution is -2.29. The standard InChI is InChI=1S/C54H104NO8P/c1-3-5-7-9-11-12-13-14-15-16-17-18-19-20-21-22-23-24-25-26-27-28-29-30-31-32-33-34-35-36-37-38-39-40-41-43-45-47-54(57)63-52(51-62-64(58,59)61-49-48-55)50-60-53(56)46-44-42-10-8-6-4-2/h13-14,16-17,52H,3-12,15,18-51,55H2,1-2H3,(H,58,59)/b14-13-,17-16-. The molecule has 0 spiro atoms. The number of phosphoric acid groups is 1. The highest BCUT2D eigenvalue weighted by Crippen LogP contribution is 2.43.